The summed E-state index contributed by atoms with van der Waals surface area (Å²) >= 11 is 0. The van der Waals surface area contributed by atoms with Crippen LogP contribution in [0.2, 0.25) is 0 Å². The van der Waals surface area contributed by atoms with Gasteiger partial charge in [-0.2, -0.15) is 0 Å². The van der Waals surface area contributed by atoms with Gasteiger partial charge in [0.1, 0.15) is 5.75 Å². The van der Waals surface area contributed by atoms with Crippen LogP contribution in [0.3, 0.4) is 0 Å². The van der Waals surface area contributed by atoms with Crippen LogP contribution >= 0.6 is 0 Å². The minimum atomic E-state index is 0.167. The number of aliphatic hydroxyl groups is 1. The van der Waals surface area contributed by atoms with Crippen molar-refractivity contribution in [2.75, 3.05) is 20.3 Å². The van der Waals surface area contributed by atoms with Gasteiger partial charge in [-0.1, -0.05) is 12.1 Å². The van der Waals surface area contributed by atoms with E-state index in [0.29, 0.717) is 12.6 Å². The van der Waals surface area contributed by atoms with Gasteiger partial charge in [0.05, 0.1) is 7.11 Å². The smallest absolute Gasteiger partial charge is 0.118 e. The molecule has 1 aromatic carbocycles. The summed E-state index contributed by atoms with van der Waals surface area (Å²) in [7, 11) is 1.68. The summed E-state index contributed by atoms with van der Waals surface area (Å²) in [6.07, 6.45) is 2.29. The van der Waals surface area contributed by atoms with Crippen molar-refractivity contribution in [3.05, 3.63) is 29.8 Å². The monoisotopic (exact) mass is 235 g/mol. The molecule has 0 amide bonds. The van der Waals surface area contributed by atoms with E-state index in [1.807, 2.05) is 12.1 Å². The summed E-state index contributed by atoms with van der Waals surface area (Å²) < 4.78 is 5.14. The predicted molar refractivity (Wildman–Crippen MR) is 68.2 cm³/mol. The van der Waals surface area contributed by atoms with Crippen molar-refractivity contribution in [2.24, 2.45) is 5.41 Å². The van der Waals surface area contributed by atoms with E-state index in [2.05, 4.69) is 24.4 Å². The molecular weight excluding hydrogens is 214 g/mol. The molecule has 2 rings (SSSR count). The largest absolute Gasteiger partial charge is 0.497 e. The Morgan fingerprint density at radius 1 is 1.35 bits per heavy atom. The quantitative estimate of drug-likeness (QED) is 0.793. The molecule has 0 heterocycles. The Balaban J connectivity index is 1.88. The van der Waals surface area contributed by atoms with Crippen molar-refractivity contribution >= 4 is 0 Å². The molecular formula is C14H21NO2. The van der Waals surface area contributed by atoms with Crippen LogP contribution in [0.25, 0.3) is 0 Å². The van der Waals surface area contributed by atoms with E-state index in [-0.39, 0.29) is 5.41 Å². The molecule has 3 heteroatoms. The van der Waals surface area contributed by atoms with Crippen molar-refractivity contribution in [1.82, 2.24) is 5.32 Å². The molecule has 0 aromatic heterocycles. The summed E-state index contributed by atoms with van der Waals surface area (Å²) in [5, 5.41) is 12.7. The van der Waals surface area contributed by atoms with Crippen LogP contribution < -0.4 is 10.1 Å². The summed E-state index contributed by atoms with van der Waals surface area (Å²) in [6.45, 7) is 3.35. The molecule has 94 valence electrons. The maximum Gasteiger partial charge on any atom is 0.118 e. The zero-order valence-electron chi connectivity index (χ0n) is 10.6. The van der Waals surface area contributed by atoms with Crippen LogP contribution in [0.5, 0.6) is 5.75 Å². The summed E-state index contributed by atoms with van der Waals surface area (Å²) in [4.78, 5) is 0. The molecule has 1 aromatic rings. The molecule has 17 heavy (non-hydrogen) atoms. The number of aliphatic hydroxyl groups excluding tert-OH is 1. The molecule has 1 atom stereocenters. The summed E-state index contributed by atoms with van der Waals surface area (Å²) in [5.41, 5.74) is 1.42. The van der Waals surface area contributed by atoms with E-state index >= 15 is 0 Å². The fraction of sp³-hybridized carbons (Fsp3) is 0.571. The highest BCUT2D eigenvalue weighted by Crippen LogP contribution is 2.44. The maximum absolute atomic E-state index is 9.25. The average Bonchev–Trinajstić information content (AvgIpc) is 3.17. The average molecular weight is 235 g/mol. The van der Waals surface area contributed by atoms with Crippen molar-refractivity contribution in [2.45, 2.75) is 25.8 Å². The molecule has 1 aliphatic rings. The van der Waals surface area contributed by atoms with Gasteiger partial charge in [-0.3, -0.25) is 0 Å². The zero-order valence-corrected chi connectivity index (χ0v) is 10.6. The molecule has 2 N–H and O–H groups in total. The highest BCUT2D eigenvalue weighted by Gasteiger charge is 2.41. The van der Waals surface area contributed by atoms with Gasteiger partial charge in [0.25, 0.3) is 0 Å². The Labute approximate surface area is 103 Å². The van der Waals surface area contributed by atoms with E-state index in [4.69, 9.17) is 4.74 Å². The molecule has 0 radical (unpaired) electrons. The number of hydrogen-bond acceptors (Lipinski definition) is 3. The molecule has 0 saturated heterocycles. The third-order valence-corrected chi connectivity index (χ3v) is 3.69. The fourth-order valence-corrected chi connectivity index (χ4v) is 1.95. The van der Waals surface area contributed by atoms with Crippen molar-refractivity contribution in [3.8, 4) is 5.75 Å². The molecule has 0 aliphatic heterocycles. The predicted octanol–water partition coefficient (Wildman–Crippen LogP) is 2.12. The highest BCUT2D eigenvalue weighted by atomic mass is 16.5. The first kappa shape index (κ1) is 12.4. The van der Waals surface area contributed by atoms with Crippen LogP contribution in [0.4, 0.5) is 0 Å². The van der Waals surface area contributed by atoms with Gasteiger partial charge in [0, 0.05) is 24.6 Å². The van der Waals surface area contributed by atoms with Gasteiger partial charge >= 0.3 is 0 Å². The highest BCUT2D eigenvalue weighted by molar-refractivity contribution is 5.28. The normalized spacial score (nSPS) is 18.8. The lowest BCUT2D eigenvalue weighted by atomic mass is 10.1. The maximum atomic E-state index is 9.25. The van der Waals surface area contributed by atoms with Crippen LogP contribution in [-0.2, 0) is 0 Å². The van der Waals surface area contributed by atoms with Crippen LogP contribution in [-0.4, -0.2) is 25.4 Å². The van der Waals surface area contributed by atoms with Crippen LogP contribution in [0, 0.1) is 5.41 Å². The molecule has 3 nitrogen and oxygen atoms in total. The Hall–Kier alpha value is -1.06. The Morgan fingerprint density at radius 2 is 2.00 bits per heavy atom. The van der Waals surface area contributed by atoms with Crippen molar-refractivity contribution < 1.29 is 9.84 Å². The Morgan fingerprint density at radius 3 is 2.47 bits per heavy atom. The first-order valence-electron chi connectivity index (χ1n) is 6.17. The fourth-order valence-electron chi connectivity index (χ4n) is 1.95. The SMILES string of the molecule is COc1ccc(C(C)NCC2(CO)CC2)cc1. The van der Waals surface area contributed by atoms with E-state index in [0.717, 1.165) is 25.1 Å². The van der Waals surface area contributed by atoms with Gasteiger partial charge in [-0.15, -0.1) is 0 Å². The minimum Gasteiger partial charge on any atom is -0.497 e. The van der Waals surface area contributed by atoms with E-state index in [1.54, 1.807) is 7.11 Å². The van der Waals surface area contributed by atoms with Crippen molar-refractivity contribution in [3.63, 3.8) is 0 Å². The molecule has 1 aliphatic carbocycles. The van der Waals surface area contributed by atoms with Gasteiger partial charge < -0.3 is 15.2 Å². The zero-order chi connectivity index (χ0) is 12.3. The molecule has 0 spiro atoms. The number of hydrogen-bond donors (Lipinski definition) is 2. The second-order valence-electron chi connectivity index (χ2n) is 5.03. The standard InChI is InChI=1S/C14H21NO2/c1-11(15-9-14(10-16)7-8-14)12-3-5-13(17-2)6-4-12/h3-6,11,15-16H,7-10H2,1-2H3. The van der Waals surface area contributed by atoms with Gasteiger partial charge in [0.2, 0.25) is 0 Å². The summed E-state index contributed by atoms with van der Waals surface area (Å²) in [6, 6.07) is 8.42. The lowest BCUT2D eigenvalue weighted by Crippen LogP contribution is -2.28. The summed E-state index contributed by atoms with van der Waals surface area (Å²) in [5.74, 6) is 0.884. The van der Waals surface area contributed by atoms with E-state index < -0.39 is 0 Å². The molecule has 1 fully saturated rings. The number of methoxy groups -OCH3 is 1. The van der Waals surface area contributed by atoms with E-state index in [9.17, 15) is 5.11 Å². The third-order valence-electron chi connectivity index (χ3n) is 3.69. The van der Waals surface area contributed by atoms with Gasteiger partial charge in [-0.05, 0) is 37.5 Å². The topological polar surface area (TPSA) is 41.5 Å². The molecule has 1 unspecified atom stereocenters. The number of nitrogens with one attached hydrogen (secondary N) is 1. The van der Waals surface area contributed by atoms with Gasteiger partial charge in [-0.25, -0.2) is 0 Å². The van der Waals surface area contributed by atoms with E-state index in [1.165, 1.54) is 5.56 Å². The molecule has 0 bridgehead atoms. The minimum absolute atomic E-state index is 0.167. The lowest BCUT2D eigenvalue weighted by Gasteiger charge is -2.18. The second kappa shape index (κ2) is 5.07. The lowest BCUT2D eigenvalue weighted by molar-refractivity contribution is 0.204. The Bertz CT molecular complexity index is 357. The Kier molecular flexibility index (Phi) is 3.69. The van der Waals surface area contributed by atoms with Crippen LogP contribution in [0.1, 0.15) is 31.4 Å². The second-order valence-corrected chi connectivity index (χ2v) is 5.03. The first-order valence-corrected chi connectivity index (χ1v) is 6.17. The first-order chi connectivity index (χ1) is 8.19. The number of rotatable bonds is 6. The number of ether oxygens (including phenoxy) is 1. The third kappa shape index (κ3) is 2.99. The van der Waals surface area contributed by atoms with Crippen molar-refractivity contribution in [1.29, 1.82) is 0 Å². The number of benzene rings is 1. The van der Waals surface area contributed by atoms with Crippen LogP contribution in [0.15, 0.2) is 24.3 Å². The molecule has 1 saturated carbocycles. The van der Waals surface area contributed by atoms with Gasteiger partial charge in [0.15, 0.2) is 0 Å².